The minimum Gasteiger partial charge on any atom is -0.366 e. The fraction of sp³-hybridized carbons (Fsp3) is 0.476. The minimum atomic E-state index is -0.225. The fourth-order valence-electron chi connectivity index (χ4n) is 3.93. The van der Waals surface area contributed by atoms with E-state index in [0.29, 0.717) is 37.6 Å². The van der Waals surface area contributed by atoms with Crippen LogP contribution in [0.1, 0.15) is 36.2 Å². The molecule has 6 nitrogen and oxygen atoms in total. The highest BCUT2D eigenvalue weighted by molar-refractivity contribution is 5.92. The van der Waals surface area contributed by atoms with Crippen molar-refractivity contribution in [3.8, 4) is 0 Å². The van der Waals surface area contributed by atoms with Crippen molar-refractivity contribution in [3.05, 3.63) is 47.9 Å². The van der Waals surface area contributed by atoms with Gasteiger partial charge in [-0.3, -0.25) is 4.79 Å². The number of piperazine rings is 1. The molecule has 4 rings (SSSR count). The number of para-hydroxylation sites is 1. The van der Waals surface area contributed by atoms with Crippen molar-refractivity contribution in [3.63, 3.8) is 0 Å². The molecule has 28 heavy (non-hydrogen) atoms. The molecule has 1 aromatic heterocycles. The van der Waals surface area contributed by atoms with Crippen LogP contribution in [0.5, 0.6) is 0 Å². The topological polar surface area (TPSA) is 52.6 Å². The van der Waals surface area contributed by atoms with Crippen molar-refractivity contribution in [2.45, 2.75) is 25.7 Å². The first-order valence-electron chi connectivity index (χ1n) is 10.1. The Hall–Kier alpha value is -2.70. The number of hydrogen-bond donors (Lipinski definition) is 0. The van der Waals surface area contributed by atoms with Crippen LogP contribution >= 0.6 is 0 Å². The SMILES string of the molecule is O=C(c1ccc(N2CCCCCC2)nn1)N1CCN(c2ccccc2F)CC1. The van der Waals surface area contributed by atoms with E-state index in [2.05, 4.69) is 15.1 Å². The first kappa shape index (κ1) is 18.7. The second kappa shape index (κ2) is 8.54. The molecule has 148 valence electrons. The van der Waals surface area contributed by atoms with Gasteiger partial charge in [0.1, 0.15) is 5.82 Å². The number of halogens is 1. The van der Waals surface area contributed by atoms with Crippen LogP contribution in [0.25, 0.3) is 0 Å². The van der Waals surface area contributed by atoms with Crippen LogP contribution in [0.2, 0.25) is 0 Å². The Kier molecular flexibility index (Phi) is 5.69. The molecule has 2 aliphatic heterocycles. The molecule has 1 amide bonds. The monoisotopic (exact) mass is 383 g/mol. The molecule has 2 saturated heterocycles. The standard InChI is InChI=1S/C21H26FN5O/c22-17-7-3-4-8-19(17)25-13-15-27(16-14-25)21(28)18-9-10-20(24-23-18)26-11-5-1-2-6-12-26/h3-4,7-10H,1-2,5-6,11-16H2. The molecule has 0 aliphatic carbocycles. The summed E-state index contributed by atoms with van der Waals surface area (Å²) in [6.07, 6.45) is 4.88. The Bertz CT molecular complexity index is 797. The summed E-state index contributed by atoms with van der Waals surface area (Å²) >= 11 is 0. The highest BCUT2D eigenvalue weighted by Crippen LogP contribution is 2.21. The highest BCUT2D eigenvalue weighted by Gasteiger charge is 2.24. The Morgan fingerprint density at radius 1 is 0.786 bits per heavy atom. The predicted octanol–water partition coefficient (Wildman–Crippen LogP) is 2.96. The molecule has 0 saturated carbocycles. The van der Waals surface area contributed by atoms with Gasteiger partial charge in [-0.05, 0) is 37.1 Å². The van der Waals surface area contributed by atoms with E-state index in [9.17, 15) is 9.18 Å². The zero-order valence-corrected chi connectivity index (χ0v) is 16.1. The first-order valence-corrected chi connectivity index (χ1v) is 10.1. The van der Waals surface area contributed by atoms with Gasteiger partial charge in [-0.1, -0.05) is 25.0 Å². The van der Waals surface area contributed by atoms with Crippen LogP contribution < -0.4 is 9.80 Å². The highest BCUT2D eigenvalue weighted by atomic mass is 19.1. The maximum absolute atomic E-state index is 14.0. The van der Waals surface area contributed by atoms with E-state index in [1.165, 1.54) is 31.7 Å². The molecule has 0 radical (unpaired) electrons. The van der Waals surface area contributed by atoms with E-state index in [-0.39, 0.29) is 11.7 Å². The molecular weight excluding hydrogens is 357 g/mol. The summed E-state index contributed by atoms with van der Waals surface area (Å²) in [6, 6.07) is 10.4. The van der Waals surface area contributed by atoms with Crippen LogP contribution in [0.15, 0.2) is 36.4 Å². The van der Waals surface area contributed by atoms with Crippen LogP contribution in [-0.2, 0) is 0 Å². The Morgan fingerprint density at radius 2 is 1.50 bits per heavy atom. The summed E-state index contributed by atoms with van der Waals surface area (Å²) in [6.45, 7) is 4.29. The van der Waals surface area contributed by atoms with Crippen molar-refractivity contribution in [2.75, 3.05) is 49.1 Å². The Morgan fingerprint density at radius 3 is 2.14 bits per heavy atom. The van der Waals surface area contributed by atoms with Gasteiger partial charge in [-0.2, -0.15) is 0 Å². The molecule has 2 aromatic rings. The number of anilines is 2. The maximum Gasteiger partial charge on any atom is 0.274 e. The van der Waals surface area contributed by atoms with Crippen molar-refractivity contribution >= 4 is 17.4 Å². The van der Waals surface area contributed by atoms with Gasteiger partial charge in [0.05, 0.1) is 5.69 Å². The number of nitrogens with zero attached hydrogens (tertiary/aromatic N) is 5. The van der Waals surface area contributed by atoms with E-state index < -0.39 is 0 Å². The lowest BCUT2D eigenvalue weighted by Crippen LogP contribution is -2.49. The zero-order chi connectivity index (χ0) is 19.3. The van der Waals surface area contributed by atoms with E-state index in [1.54, 1.807) is 23.1 Å². The lowest BCUT2D eigenvalue weighted by Gasteiger charge is -2.36. The lowest BCUT2D eigenvalue weighted by molar-refractivity contribution is 0.0739. The summed E-state index contributed by atoms with van der Waals surface area (Å²) in [5, 5.41) is 8.50. The van der Waals surface area contributed by atoms with Crippen molar-refractivity contribution in [1.29, 1.82) is 0 Å². The molecule has 0 unspecified atom stereocenters. The minimum absolute atomic E-state index is 0.108. The van der Waals surface area contributed by atoms with Crippen LogP contribution in [0.4, 0.5) is 15.9 Å². The number of benzene rings is 1. The smallest absolute Gasteiger partial charge is 0.274 e. The molecule has 0 atom stereocenters. The van der Waals surface area contributed by atoms with Crippen LogP contribution in [-0.4, -0.2) is 60.3 Å². The summed E-state index contributed by atoms with van der Waals surface area (Å²) in [4.78, 5) is 18.8. The van der Waals surface area contributed by atoms with E-state index >= 15 is 0 Å². The summed E-state index contributed by atoms with van der Waals surface area (Å²) in [5.41, 5.74) is 0.967. The van der Waals surface area contributed by atoms with Crippen molar-refractivity contribution in [1.82, 2.24) is 15.1 Å². The third kappa shape index (κ3) is 4.08. The van der Waals surface area contributed by atoms with Gasteiger partial charge in [-0.15, -0.1) is 10.2 Å². The largest absolute Gasteiger partial charge is 0.366 e. The Labute approximate surface area is 165 Å². The molecule has 7 heteroatoms. The normalized spacial score (nSPS) is 18.1. The van der Waals surface area contributed by atoms with Gasteiger partial charge in [0.2, 0.25) is 0 Å². The van der Waals surface area contributed by atoms with E-state index in [4.69, 9.17) is 0 Å². The predicted molar refractivity (Wildman–Crippen MR) is 107 cm³/mol. The van der Waals surface area contributed by atoms with Crippen LogP contribution in [0, 0.1) is 5.82 Å². The van der Waals surface area contributed by atoms with Crippen LogP contribution in [0.3, 0.4) is 0 Å². The number of carbonyl (C=O) groups is 1. The zero-order valence-electron chi connectivity index (χ0n) is 16.1. The van der Waals surface area contributed by atoms with Gasteiger partial charge in [0, 0.05) is 39.3 Å². The average Bonchev–Trinajstić information content (AvgIpc) is 3.04. The van der Waals surface area contributed by atoms with Gasteiger partial charge < -0.3 is 14.7 Å². The van der Waals surface area contributed by atoms with E-state index in [1.807, 2.05) is 17.0 Å². The number of carbonyl (C=O) groups excluding carboxylic acids is 1. The Balaban J connectivity index is 1.37. The lowest BCUT2D eigenvalue weighted by atomic mass is 10.2. The van der Waals surface area contributed by atoms with Gasteiger partial charge in [0.15, 0.2) is 11.5 Å². The maximum atomic E-state index is 14.0. The quantitative estimate of drug-likeness (QED) is 0.816. The molecular formula is C21H26FN5O. The number of amides is 1. The molecule has 0 N–H and O–H groups in total. The molecule has 0 bridgehead atoms. The second-order valence-corrected chi connectivity index (χ2v) is 7.41. The molecule has 2 aliphatic rings. The first-order chi connectivity index (χ1) is 13.7. The molecule has 1 aromatic carbocycles. The third-order valence-electron chi connectivity index (χ3n) is 5.56. The molecule has 2 fully saturated rings. The molecule has 0 spiro atoms. The van der Waals surface area contributed by atoms with Gasteiger partial charge in [0.25, 0.3) is 5.91 Å². The van der Waals surface area contributed by atoms with Gasteiger partial charge in [-0.25, -0.2) is 4.39 Å². The van der Waals surface area contributed by atoms with Gasteiger partial charge >= 0.3 is 0 Å². The second-order valence-electron chi connectivity index (χ2n) is 7.41. The number of aromatic nitrogens is 2. The third-order valence-corrected chi connectivity index (χ3v) is 5.56. The number of hydrogen-bond acceptors (Lipinski definition) is 5. The van der Waals surface area contributed by atoms with E-state index in [0.717, 1.165) is 18.9 Å². The fourth-order valence-corrected chi connectivity index (χ4v) is 3.93. The van der Waals surface area contributed by atoms with Crippen molar-refractivity contribution in [2.24, 2.45) is 0 Å². The summed E-state index contributed by atoms with van der Waals surface area (Å²) in [5.74, 6) is 0.517. The number of rotatable bonds is 3. The molecule has 3 heterocycles. The summed E-state index contributed by atoms with van der Waals surface area (Å²) in [7, 11) is 0. The summed E-state index contributed by atoms with van der Waals surface area (Å²) < 4.78 is 14.0. The van der Waals surface area contributed by atoms with Crippen molar-refractivity contribution < 1.29 is 9.18 Å². The average molecular weight is 383 g/mol.